The number of rotatable bonds is 3. The number of ether oxygens (including phenoxy) is 1. The van der Waals surface area contributed by atoms with Crippen LogP contribution in [0.1, 0.15) is 16.9 Å². The molecule has 2 aromatic heterocycles. The third-order valence-corrected chi connectivity index (χ3v) is 3.48. The highest BCUT2D eigenvalue weighted by atomic mass is 16.5. The van der Waals surface area contributed by atoms with Crippen LogP contribution in [0.15, 0.2) is 36.7 Å². The normalized spacial score (nSPS) is 13.2. The topological polar surface area (TPSA) is 99.8 Å². The van der Waals surface area contributed by atoms with Gasteiger partial charge < -0.3 is 10.1 Å². The zero-order chi connectivity index (χ0) is 15.6. The molecule has 0 atom stereocenters. The molecule has 0 aliphatic carbocycles. The van der Waals surface area contributed by atoms with Crippen LogP contribution in [-0.4, -0.2) is 42.5 Å². The van der Waals surface area contributed by atoms with Crippen LogP contribution in [0.25, 0.3) is 5.69 Å². The molecule has 23 heavy (non-hydrogen) atoms. The maximum atomic E-state index is 12.3. The lowest BCUT2D eigenvalue weighted by molar-refractivity contribution is 0.102. The standard InChI is InChI=1S/C14H13N7O2/c22-14(12-8-13-20(17-12)6-1-7-23-13)16-10-2-4-11(5-3-10)21-9-15-18-19-21/h2-5,8-9H,1,6-7H2,(H,16,22). The Balaban J connectivity index is 1.49. The summed E-state index contributed by atoms with van der Waals surface area (Å²) in [4.78, 5) is 12.3. The first-order chi connectivity index (χ1) is 11.3. The summed E-state index contributed by atoms with van der Waals surface area (Å²) in [5.41, 5.74) is 1.81. The Hall–Kier alpha value is -3.23. The minimum atomic E-state index is -0.273. The Morgan fingerprint density at radius 1 is 1.26 bits per heavy atom. The van der Waals surface area contributed by atoms with Crippen LogP contribution in [0, 0.1) is 0 Å². The number of nitrogens with zero attached hydrogens (tertiary/aromatic N) is 6. The Morgan fingerprint density at radius 2 is 2.13 bits per heavy atom. The number of fused-ring (bicyclic) bond motifs is 1. The van der Waals surface area contributed by atoms with Gasteiger partial charge in [-0.3, -0.25) is 4.79 Å². The van der Waals surface area contributed by atoms with Crippen molar-refractivity contribution >= 4 is 11.6 Å². The van der Waals surface area contributed by atoms with E-state index in [4.69, 9.17) is 4.74 Å². The highest BCUT2D eigenvalue weighted by Gasteiger charge is 2.17. The monoisotopic (exact) mass is 311 g/mol. The van der Waals surface area contributed by atoms with Gasteiger partial charge >= 0.3 is 0 Å². The van der Waals surface area contributed by atoms with E-state index in [0.29, 0.717) is 23.9 Å². The fraction of sp³-hybridized carbons (Fsp3) is 0.214. The van der Waals surface area contributed by atoms with Crippen LogP contribution in [0.3, 0.4) is 0 Å². The van der Waals surface area contributed by atoms with Crippen molar-refractivity contribution in [2.75, 3.05) is 11.9 Å². The van der Waals surface area contributed by atoms with Crippen molar-refractivity contribution in [2.24, 2.45) is 0 Å². The molecule has 4 rings (SSSR count). The first-order valence-electron chi connectivity index (χ1n) is 7.15. The molecule has 1 aliphatic heterocycles. The summed E-state index contributed by atoms with van der Waals surface area (Å²) in [5.74, 6) is 0.362. The van der Waals surface area contributed by atoms with Gasteiger partial charge in [-0.25, -0.2) is 9.36 Å². The summed E-state index contributed by atoms with van der Waals surface area (Å²) in [7, 11) is 0. The number of hydrogen-bond donors (Lipinski definition) is 1. The highest BCUT2D eigenvalue weighted by molar-refractivity contribution is 6.03. The molecule has 0 saturated carbocycles. The predicted molar refractivity (Wildman–Crippen MR) is 79.4 cm³/mol. The van der Waals surface area contributed by atoms with E-state index < -0.39 is 0 Å². The Bertz CT molecular complexity index is 800. The summed E-state index contributed by atoms with van der Waals surface area (Å²) in [5, 5.41) is 18.0. The van der Waals surface area contributed by atoms with E-state index >= 15 is 0 Å². The van der Waals surface area contributed by atoms with Crippen molar-refractivity contribution in [3.8, 4) is 11.6 Å². The molecular formula is C14H13N7O2. The number of carbonyl (C=O) groups is 1. The van der Waals surface area contributed by atoms with E-state index in [-0.39, 0.29) is 5.91 Å². The maximum Gasteiger partial charge on any atom is 0.276 e. The Labute approximate surface area is 130 Å². The molecule has 0 spiro atoms. The lowest BCUT2D eigenvalue weighted by atomic mass is 10.2. The number of tetrazole rings is 1. The number of anilines is 1. The molecule has 0 bridgehead atoms. The molecule has 0 radical (unpaired) electrons. The maximum absolute atomic E-state index is 12.3. The van der Waals surface area contributed by atoms with Crippen molar-refractivity contribution in [1.29, 1.82) is 0 Å². The van der Waals surface area contributed by atoms with Crippen LogP contribution in [0.5, 0.6) is 5.88 Å². The van der Waals surface area contributed by atoms with Gasteiger partial charge in [-0.05, 0) is 34.7 Å². The molecule has 1 aromatic carbocycles. The quantitative estimate of drug-likeness (QED) is 0.771. The molecular weight excluding hydrogens is 298 g/mol. The number of benzene rings is 1. The summed E-state index contributed by atoms with van der Waals surface area (Å²) in [6.07, 6.45) is 2.40. The van der Waals surface area contributed by atoms with Gasteiger partial charge in [0.05, 0.1) is 12.3 Å². The average molecular weight is 311 g/mol. The molecule has 9 heteroatoms. The molecule has 0 saturated heterocycles. The van der Waals surface area contributed by atoms with Crippen LogP contribution in [0.2, 0.25) is 0 Å². The summed E-state index contributed by atoms with van der Waals surface area (Å²) < 4.78 is 8.70. The number of nitrogens with one attached hydrogen (secondary N) is 1. The van der Waals surface area contributed by atoms with Crippen LogP contribution in [0.4, 0.5) is 5.69 Å². The van der Waals surface area contributed by atoms with Crippen molar-refractivity contribution < 1.29 is 9.53 Å². The molecule has 3 aromatic rings. The predicted octanol–water partition coefficient (Wildman–Crippen LogP) is 0.894. The fourth-order valence-corrected chi connectivity index (χ4v) is 2.35. The minimum absolute atomic E-state index is 0.273. The minimum Gasteiger partial charge on any atom is -0.478 e. The molecule has 1 N–H and O–H groups in total. The highest BCUT2D eigenvalue weighted by Crippen LogP contribution is 2.19. The Kier molecular flexibility index (Phi) is 3.22. The summed E-state index contributed by atoms with van der Waals surface area (Å²) >= 11 is 0. The van der Waals surface area contributed by atoms with Crippen LogP contribution >= 0.6 is 0 Å². The summed E-state index contributed by atoms with van der Waals surface area (Å²) in [6, 6.07) is 8.84. The van der Waals surface area contributed by atoms with E-state index in [2.05, 4.69) is 25.9 Å². The smallest absolute Gasteiger partial charge is 0.276 e. The van der Waals surface area contributed by atoms with Crippen LogP contribution < -0.4 is 10.1 Å². The zero-order valence-corrected chi connectivity index (χ0v) is 12.1. The van der Waals surface area contributed by atoms with Gasteiger partial charge in [0.2, 0.25) is 5.88 Å². The number of aromatic nitrogens is 6. The van der Waals surface area contributed by atoms with Gasteiger partial charge in [-0.2, -0.15) is 5.10 Å². The van der Waals surface area contributed by atoms with Crippen molar-refractivity contribution in [2.45, 2.75) is 13.0 Å². The van der Waals surface area contributed by atoms with E-state index in [1.165, 1.54) is 11.0 Å². The van der Waals surface area contributed by atoms with E-state index in [0.717, 1.165) is 18.7 Å². The fourth-order valence-electron chi connectivity index (χ4n) is 2.35. The van der Waals surface area contributed by atoms with Crippen molar-refractivity contribution in [3.05, 3.63) is 42.4 Å². The van der Waals surface area contributed by atoms with Gasteiger partial charge in [0, 0.05) is 24.7 Å². The van der Waals surface area contributed by atoms with Gasteiger partial charge in [0.1, 0.15) is 6.33 Å². The summed E-state index contributed by atoms with van der Waals surface area (Å²) in [6.45, 7) is 1.43. The number of aryl methyl sites for hydroxylation is 1. The first kappa shape index (κ1) is 13.4. The molecule has 0 unspecified atom stereocenters. The van der Waals surface area contributed by atoms with Crippen molar-refractivity contribution in [1.82, 2.24) is 30.0 Å². The molecule has 3 heterocycles. The van der Waals surface area contributed by atoms with E-state index in [9.17, 15) is 4.79 Å². The van der Waals surface area contributed by atoms with Crippen molar-refractivity contribution in [3.63, 3.8) is 0 Å². The van der Waals surface area contributed by atoms with Gasteiger partial charge in [0.25, 0.3) is 5.91 Å². The second kappa shape index (κ2) is 5.52. The molecule has 9 nitrogen and oxygen atoms in total. The molecule has 116 valence electrons. The van der Waals surface area contributed by atoms with E-state index in [1.54, 1.807) is 22.9 Å². The van der Waals surface area contributed by atoms with E-state index in [1.807, 2.05) is 12.1 Å². The molecule has 1 amide bonds. The van der Waals surface area contributed by atoms with Crippen LogP contribution in [-0.2, 0) is 6.54 Å². The number of hydrogen-bond acceptors (Lipinski definition) is 6. The zero-order valence-electron chi connectivity index (χ0n) is 12.1. The average Bonchev–Trinajstić information content (AvgIpc) is 3.25. The van der Waals surface area contributed by atoms with Gasteiger partial charge in [-0.15, -0.1) is 5.10 Å². The second-order valence-electron chi connectivity index (χ2n) is 5.05. The van der Waals surface area contributed by atoms with Gasteiger partial charge in [0.15, 0.2) is 5.69 Å². The lowest BCUT2D eigenvalue weighted by Gasteiger charge is -2.13. The lowest BCUT2D eigenvalue weighted by Crippen LogP contribution is -2.16. The largest absolute Gasteiger partial charge is 0.478 e. The third-order valence-electron chi connectivity index (χ3n) is 3.48. The third kappa shape index (κ3) is 2.63. The number of carbonyl (C=O) groups excluding carboxylic acids is 1. The SMILES string of the molecule is O=C(Nc1ccc(-n2cnnn2)cc1)c1cc2n(n1)CCCO2. The number of amides is 1. The second-order valence-corrected chi connectivity index (χ2v) is 5.05. The van der Waals surface area contributed by atoms with Gasteiger partial charge in [-0.1, -0.05) is 0 Å². The first-order valence-corrected chi connectivity index (χ1v) is 7.15. The molecule has 1 aliphatic rings. The molecule has 0 fully saturated rings. The Morgan fingerprint density at radius 3 is 2.87 bits per heavy atom.